The van der Waals surface area contributed by atoms with Crippen LogP contribution in [0.25, 0.3) is 0 Å². The zero-order valence-electron chi connectivity index (χ0n) is 37.4. The van der Waals surface area contributed by atoms with Gasteiger partial charge < -0.3 is 24.7 Å². The fourth-order valence-electron chi connectivity index (χ4n) is 16.2. The first-order valence-corrected chi connectivity index (χ1v) is 23.4. The lowest BCUT2D eigenvalue weighted by Gasteiger charge is -2.72. The van der Waals surface area contributed by atoms with Gasteiger partial charge in [0.25, 0.3) is 5.92 Å². The molecule has 0 aromatic rings. The van der Waals surface area contributed by atoms with Gasteiger partial charge in [-0.15, -0.1) is 6.58 Å². The van der Waals surface area contributed by atoms with E-state index >= 15 is 4.79 Å². The maximum atomic E-state index is 15.3. The van der Waals surface area contributed by atoms with E-state index in [0.29, 0.717) is 50.9 Å². The molecule has 59 heavy (non-hydrogen) atoms. The maximum absolute atomic E-state index is 15.3. The van der Waals surface area contributed by atoms with E-state index in [4.69, 9.17) is 4.74 Å². The Balaban J connectivity index is 1.04. The third-order valence-electron chi connectivity index (χ3n) is 19.9. The number of ether oxygens (including phenoxy) is 1. The predicted octanol–water partition coefficient (Wildman–Crippen LogP) is 9.31. The van der Waals surface area contributed by atoms with Crippen LogP contribution in [0.3, 0.4) is 0 Å². The molecule has 8 nitrogen and oxygen atoms in total. The molecule has 6 aliphatic carbocycles. The summed E-state index contributed by atoms with van der Waals surface area (Å²) in [4.78, 5) is 45.8. The summed E-state index contributed by atoms with van der Waals surface area (Å²) in [5, 5.41) is 21.3. The Morgan fingerprint density at radius 1 is 0.898 bits per heavy atom. The molecule has 8 aliphatic rings. The second-order valence-corrected chi connectivity index (χ2v) is 22.9. The second-order valence-electron chi connectivity index (χ2n) is 22.9. The molecule has 2 heterocycles. The van der Waals surface area contributed by atoms with Crippen molar-refractivity contribution in [3.63, 3.8) is 0 Å². The lowest BCUT2D eigenvalue weighted by atomic mass is 9.33. The number of rotatable bonds is 9. The van der Waals surface area contributed by atoms with Gasteiger partial charge >= 0.3 is 5.97 Å². The number of aliphatic hydroxyl groups is 1. The predicted molar refractivity (Wildman–Crippen MR) is 223 cm³/mol. The van der Waals surface area contributed by atoms with Crippen LogP contribution in [0.2, 0.25) is 0 Å². The average molecular weight is 825 g/mol. The first kappa shape index (κ1) is 43.5. The van der Waals surface area contributed by atoms with Crippen molar-refractivity contribution in [2.24, 2.45) is 68.0 Å². The van der Waals surface area contributed by atoms with Crippen LogP contribution in [0.4, 0.5) is 8.78 Å². The Morgan fingerprint density at radius 3 is 2.24 bits per heavy atom. The molecule has 0 aromatic heterocycles. The number of aliphatic carboxylic acids is 1. The molecule has 13 atom stereocenters. The fraction of sp³-hybridized carbons (Fsp3) is 0.857. The molecule has 0 radical (unpaired) electrons. The topological polar surface area (TPSA) is 107 Å². The Kier molecular flexibility index (Phi) is 10.6. The number of carbonyl (C=O) groups is 3. The third-order valence-corrected chi connectivity index (χ3v) is 19.9. The van der Waals surface area contributed by atoms with Gasteiger partial charge in [-0.2, -0.15) is 0 Å². The monoisotopic (exact) mass is 825 g/mol. The molecule has 330 valence electrons. The zero-order valence-corrected chi connectivity index (χ0v) is 37.4. The number of carboxylic acid groups (broad SMARTS) is 1. The first-order valence-electron chi connectivity index (χ1n) is 23.4. The van der Waals surface area contributed by atoms with E-state index in [-0.39, 0.29) is 82.5 Å². The van der Waals surface area contributed by atoms with Crippen LogP contribution < -0.4 is 0 Å². The van der Waals surface area contributed by atoms with E-state index in [1.807, 2.05) is 6.92 Å². The highest BCUT2D eigenvalue weighted by molar-refractivity contribution is 6.07. The SMILES string of the molecule is C=C[C@]1(C)[C@@H](C(O)O[C@H]2CC[C@@]3(C)[C@@H](CCC4(C)[C@@H]3CCC3C5=C(C(C)C)C(=O)C[C@]5(C(=O)N5CCC[C@H]5CN5CCC(F)(F)CC5)CC[C@]34C)C2(C)C)C[C@H]1C(=O)O. The largest absolute Gasteiger partial charge is 0.481 e. The number of likely N-dealkylation sites (tertiary alicyclic amines) is 2. The average Bonchev–Trinajstić information content (AvgIpc) is 3.74. The Hall–Kier alpha value is -2.17. The van der Waals surface area contributed by atoms with Crippen LogP contribution in [0.1, 0.15) is 145 Å². The molecule has 3 unspecified atom stereocenters. The number of hydrogen-bond acceptors (Lipinski definition) is 6. The Labute approximate surface area is 352 Å². The van der Waals surface area contributed by atoms with Gasteiger partial charge in [-0.3, -0.25) is 14.4 Å². The number of carboxylic acids is 1. The smallest absolute Gasteiger partial charge is 0.307 e. The lowest BCUT2D eigenvalue weighted by molar-refractivity contribution is -0.277. The van der Waals surface area contributed by atoms with Crippen molar-refractivity contribution in [1.82, 2.24) is 9.80 Å². The molecule has 2 N–H and O–H groups in total. The molecular formula is C49H74F2N2O6. The number of alkyl halides is 2. The summed E-state index contributed by atoms with van der Waals surface area (Å²) in [6.07, 6.45) is 10.2. The van der Waals surface area contributed by atoms with Crippen molar-refractivity contribution in [3.05, 3.63) is 23.8 Å². The van der Waals surface area contributed by atoms with Gasteiger partial charge in [0.05, 0.1) is 17.4 Å². The van der Waals surface area contributed by atoms with Crippen molar-refractivity contribution >= 4 is 17.7 Å². The minimum atomic E-state index is -2.60. The van der Waals surface area contributed by atoms with Crippen LogP contribution in [0.5, 0.6) is 0 Å². The normalized spacial score (nSPS) is 45.9. The van der Waals surface area contributed by atoms with Crippen LogP contribution >= 0.6 is 0 Å². The summed E-state index contributed by atoms with van der Waals surface area (Å²) in [5.74, 6) is -3.05. The van der Waals surface area contributed by atoms with Crippen LogP contribution in [-0.4, -0.2) is 88.2 Å². The van der Waals surface area contributed by atoms with Gasteiger partial charge in [0.2, 0.25) is 5.91 Å². The number of halogens is 2. The number of piperidine rings is 1. The molecule has 0 spiro atoms. The first-order chi connectivity index (χ1) is 27.5. The van der Waals surface area contributed by atoms with E-state index in [0.717, 1.165) is 63.4 Å². The zero-order chi connectivity index (χ0) is 42.9. The number of hydrogen-bond donors (Lipinski definition) is 2. The molecule has 1 amide bonds. The van der Waals surface area contributed by atoms with Crippen molar-refractivity contribution in [3.8, 4) is 0 Å². The van der Waals surface area contributed by atoms with Crippen LogP contribution in [0.15, 0.2) is 23.8 Å². The van der Waals surface area contributed by atoms with Gasteiger partial charge in [0.1, 0.15) is 0 Å². The van der Waals surface area contributed by atoms with Crippen molar-refractivity contribution < 1.29 is 38.1 Å². The van der Waals surface area contributed by atoms with E-state index in [1.54, 1.807) is 6.08 Å². The highest BCUT2D eigenvalue weighted by atomic mass is 19.3. The molecular weight excluding hydrogens is 751 g/mol. The number of fused-ring (bicyclic) bond motifs is 7. The summed E-state index contributed by atoms with van der Waals surface area (Å²) in [5.41, 5.74) is 0.287. The minimum Gasteiger partial charge on any atom is -0.481 e. The number of amides is 1. The molecule has 2 aliphatic heterocycles. The van der Waals surface area contributed by atoms with E-state index < -0.39 is 34.9 Å². The highest BCUT2D eigenvalue weighted by Gasteiger charge is 2.71. The lowest BCUT2D eigenvalue weighted by Crippen LogP contribution is -2.66. The Bertz CT molecular complexity index is 1770. The van der Waals surface area contributed by atoms with Gasteiger partial charge in [-0.05, 0) is 127 Å². The Morgan fingerprint density at radius 2 is 1.59 bits per heavy atom. The molecule has 10 heteroatoms. The molecule has 0 bridgehead atoms. The van der Waals surface area contributed by atoms with Crippen molar-refractivity contribution in [2.45, 2.75) is 170 Å². The number of nitrogens with zero attached hydrogens (tertiary/aromatic N) is 2. The molecule has 5 saturated carbocycles. The van der Waals surface area contributed by atoms with Crippen molar-refractivity contribution in [2.75, 3.05) is 26.2 Å². The third kappa shape index (κ3) is 6.25. The quantitative estimate of drug-likeness (QED) is 0.176. The van der Waals surface area contributed by atoms with Gasteiger partial charge in [0, 0.05) is 62.8 Å². The maximum Gasteiger partial charge on any atom is 0.307 e. The van der Waals surface area contributed by atoms with Crippen molar-refractivity contribution in [1.29, 1.82) is 0 Å². The summed E-state index contributed by atoms with van der Waals surface area (Å²) in [6.45, 7) is 24.3. The van der Waals surface area contributed by atoms with E-state index in [1.165, 1.54) is 5.57 Å². The van der Waals surface area contributed by atoms with Crippen LogP contribution in [-0.2, 0) is 19.1 Å². The highest BCUT2D eigenvalue weighted by Crippen LogP contribution is 2.77. The second kappa shape index (κ2) is 14.4. The standard InChI is InChI=1S/C49H74F2N2O6/c1-10-44(6)32(40(55)56)26-33(44)41(57)59-37-16-17-45(7)35(43(37,4)5)15-18-47(9)36(45)14-13-31-39-38(29(2)3)34(54)27-48(39,20-19-46(31,47)8)42(58)53-23-11-12-30(53)28-52-24-21-49(50,51)22-25-52/h10,29-33,35-37,41,57H,1,11-28H2,2-9H3,(H,55,56)/t30-,31?,32-,33+,35-,36+,37-,41?,44-,45-,46+,47?,48+/m0/s1. The summed E-state index contributed by atoms with van der Waals surface area (Å²) in [6, 6.07) is -0.00899. The van der Waals surface area contributed by atoms with E-state index in [2.05, 4.69) is 64.8 Å². The molecule has 7 fully saturated rings. The molecule has 2 saturated heterocycles. The van der Waals surface area contributed by atoms with Crippen LogP contribution in [0, 0.1) is 68.0 Å². The number of ketones is 1. The van der Waals surface area contributed by atoms with Gasteiger partial charge in [-0.1, -0.05) is 61.5 Å². The molecule has 0 aromatic carbocycles. The minimum absolute atomic E-state index is 0.00353. The van der Waals surface area contributed by atoms with E-state index in [9.17, 15) is 28.6 Å². The number of Topliss-reactive ketones (excluding diaryl/α,β-unsaturated/α-hetero) is 1. The number of aliphatic hydroxyl groups excluding tert-OH is 1. The number of allylic oxidation sites excluding steroid dienone is 2. The summed E-state index contributed by atoms with van der Waals surface area (Å²) < 4.78 is 34.7. The number of carbonyl (C=O) groups excluding carboxylic acids is 2. The van der Waals surface area contributed by atoms with Gasteiger partial charge in [0.15, 0.2) is 12.1 Å². The summed E-state index contributed by atoms with van der Waals surface area (Å²) >= 11 is 0. The summed E-state index contributed by atoms with van der Waals surface area (Å²) in [7, 11) is 0. The van der Waals surface area contributed by atoms with Gasteiger partial charge in [-0.25, -0.2) is 8.78 Å². The molecule has 8 rings (SSSR count). The fourth-order valence-corrected chi connectivity index (χ4v) is 16.2.